The summed E-state index contributed by atoms with van der Waals surface area (Å²) >= 11 is 7.37. The Hall–Kier alpha value is -2.27. The molecule has 28 heavy (non-hydrogen) atoms. The maximum Gasteiger partial charge on any atom is 0.246 e. The molecule has 0 fully saturated rings. The normalized spacial score (nSPS) is 12.7. The lowest BCUT2D eigenvalue weighted by atomic mass is 10.2. The Morgan fingerprint density at radius 2 is 2.00 bits per heavy atom. The van der Waals surface area contributed by atoms with Gasteiger partial charge < -0.3 is 9.84 Å². The smallest absolute Gasteiger partial charge is 0.246 e. The molecule has 2 aromatic heterocycles. The topological polar surface area (TPSA) is 114 Å². The van der Waals surface area contributed by atoms with Gasteiger partial charge in [0.05, 0.1) is 11.7 Å². The molecule has 1 aromatic carbocycles. The molecular formula is C17H17ClN4O4S2. The predicted octanol–water partition coefficient (Wildman–Crippen LogP) is 3.37. The van der Waals surface area contributed by atoms with Gasteiger partial charge in [-0.25, -0.2) is 13.4 Å². The SMILES string of the molecule is Cc1noc(C)c1S(=O)(=O)N[C@@H](C)C(=O)Nc1nc(-c2ccccc2Cl)cs1. The fourth-order valence-electron chi connectivity index (χ4n) is 2.54. The van der Waals surface area contributed by atoms with Crippen molar-refractivity contribution < 1.29 is 17.7 Å². The third kappa shape index (κ3) is 4.25. The van der Waals surface area contributed by atoms with Gasteiger partial charge in [0.25, 0.3) is 0 Å². The van der Waals surface area contributed by atoms with Crippen molar-refractivity contribution in [2.24, 2.45) is 0 Å². The van der Waals surface area contributed by atoms with E-state index in [1.165, 1.54) is 32.1 Å². The Bertz CT molecular complexity index is 1100. The standard InChI is InChI=1S/C17H17ClN4O4S2/c1-9-15(11(3)26-21-9)28(24,25)22-10(2)16(23)20-17-19-14(8-27-17)12-6-4-5-7-13(12)18/h4-8,10,22H,1-3H3,(H,19,20,23)/t10-/m0/s1. The van der Waals surface area contributed by atoms with Crippen LogP contribution in [-0.4, -0.2) is 30.5 Å². The number of hydrogen-bond donors (Lipinski definition) is 2. The molecule has 0 spiro atoms. The number of rotatable bonds is 6. The zero-order valence-corrected chi connectivity index (χ0v) is 17.6. The van der Waals surface area contributed by atoms with Crippen molar-refractivity contribution in [2.45, 2.75) is 31.7 Å². The Morgan fingerprint density at radius 1 is 1.29 bits per heavy atom. The molecule has 0 aliphatic carbocycles. The molecule has 0 unspecified atom stereocenters. The lowest BCUT2D eigenvalue weighted by Crippen LogP contribution is -2.41. The third-order valence-corrected chi connectivity index (χ3v) is 6.72. The molecule has 1 atom stereocenters. The monoisotopic (exact) mass is 440 g/mol. The molecule has 1 amide bonds. The summed E-state index contributed by atoms with van der Waals surface area (Å²) in [6.07, 6.45) is 0. The average molecular weight is 441 g/mol. The molecule has 0 radical (unpaired) electrons. The van der Waals surface area contributed by atoms with Crippen LogP contribution in [0.4, 0.5) is 5.13 Å². The maximum atomic E-state index is 12.5. The van der Waals surface area contributed by atoms with Crippen LogP contribution in [0.1, 0.15) is 18.4 Å². The Kier molecular flexibility index (Phi) is 5.84. The van der Waals surface area contributed by atoms with Gasteiger partial charge in [0, 0.05) is 16.0 Å². The number of anilines is 1. The van der Waals surface area contributed by atoms with Gasteiger partial charge in [-0.3, -0.25) is 4.79 Å². The van der Waals surface area contributed by atoms with E-state index in [0.29, 0.717) is 15.8 Å². The predicted molar refractivity (Wildman–Crippen MR) is 107 cm³/mol. The number of halogens is 1. The first-order valence-electron chi connectivity index (χ1n) is 8.15. The first kappa shape index (κ1) is 20.5. The van der Waals surface area contributed by atoms with Crippen molar-refractivity contribution in [2.75, 3.05) is 5.32 Å². The van der Waals surface area contributed by atoms with Gasteiger partial charge in [0.1, 0.15) is 10.6 Å². The molecule has 148 valence electrons. The van der Waals surface area contributed by atoms with Crippen LogP contribution in [0.25, 0.3) is 11.3 Å². The molecule has 2 heterocycles. The van der Waals surface area contributed by atoms with Crippen LogP contribution in [0, 0.1) is 13.8 Å². The van der Waals surface area contributed by atoms with Crippen LogP contribution in [0.2, 0.25) is 5.02 Å². The van der Waals surface area contributed by atoms with Crippen LogP contribution in [-0.2, 0) is 14.8 Å². The van der Waals surface area contributed by atoms with E-state index in [4.69, 9.17) is 16.1 Å². The second-order valence-electron chi connectivity index (χ2n) is 6.00. The van der Waals surface area contributed by atoms with Crippen molar-refractivity contribution in [3.05, 3.63) is 46.1 Å². The van der Waals surface area contributed by atoms with Crippen molar-refractivity contribution in [1.82, 2.24) is 14.9 Å². The fraction of sp³-hybridized carbons (Fsp3) is 0.235. The lowest BCUT2D eigenvalue weighted by molar-refractivity contribution is -0.117. The van der Waals surface area contributed by atoms with Crippen molar-refractivity contribution in [3.8, 4) is 11.3 Å². The number of nitrogens with one attached hydrogen (secondary N) is 2. The highest BCUT2D eigenvalue weighted by atomic mass is 35.5. The van der Waals surface area contributed by atoms with Crippen LogP contribution in [0.5, 0.6) is 0 Å². The van der Waals surface area contributed by atoms with Gasteiger partial charge in [0.2, 0.25) is 15.9 Å². The number of aromatic nitrogens is 2. The summed E-state index contributed by atoms with van der Waals surface area (Å²) in [4.78, 5) is 16.7. The summed E-state index contributed by atoms with van der Waals surface area (Å²) in [5.41, 5.74) is 1.59. The van der Waals surface area contributed by atoms with E-state index in [-0.39, 0.29) is 16.3 Å². The number of carbonyl (C=O) groups excluding carboxylic acids is 1. The van der Waals surface area contributed by atoms with Gasteiger partial charge in [-0.05, 0) is 26.8 Å². The van der Waals surface area contributed by atoms with E-state index in [2.05, 4.69) is 20.2 Å². The highest BCUT2D eigenvalue weighted by Crippen LogP contribution is 2.30. The number of benzene rings is 1. The van der Waals surface area contributed by atoms with Gasteiger partial charge >= 0.3 is 0 Å². The van der Waals surface area contributed by atoms with E-state index in [1.54, 1.807) is 11.4 Å². The third-order valence-electron chi connectivity index (χ3n) is 3.85. The zero-order chi connectivity index (χ0) is 20.5. The number of amides is 1. The zero-order valence-electron chi connectivity index (χ0n) is 15.2. The number of carbonyl (C=O) groups is 1. The summed E-state index contributed by atoms with van der Waals surface area (Å²) in [5.74, 6) is -0.391. The van der Waals surface area contributed by atoms with Crippen molar-refractivity contribution in [3.63, 3.8) is 0 Å². The van der Waals surface area contributed by atoms with Crippen LogP contribution in [0.15, 0.2) is 39.1 Å². The van der Waals surface area contributed by atoms with Crippen LogP contribution in [0.3, 0.4) is 0 Å². The van der Waals surface area contributed by atoms with Gasteiger partial charge in [-0.15, -0.1) is 11.3 Å². The molecule has 2 N–H and O–H groups in total. The number of hydrogen-bond acceptors (Lipinski definition) is 7. The number of aryl methyl sites for hydroxylation is 2. The van der Waals surface area contributed by atoms with E-state index in [9.17, 15) is 13.2 Å². The number of sulfonamides is 1. The van der Waals surface area contributed by atoms with E-state index in [1.807, 2.05) is 18.2 Å². The lowest BCUT2D eigenvalue weighted by Gasteiger charge is -2.13. The maximum absolute atomic E-state index is 12.5. The quantitative estimate of drug-likeness (QED) is 0.607. The van der Waals surface area contributed by atoms with E-state index >= 15 is 0 Å². The van der Waals surface area contributed by atoms with Crippen LogP contribution < -0.4 is 10.0 Å². The molecule has 0 aliphatic rings. The van der Waals surface area contributed by atoms with E-state index < -0.39 is 22.0 Å². The summed E-state index contributed by atoms with van der Waals surface area (Å²) in [5, 5.41) is 8.88. The number of thiazole rings is 1. The molecule has 0 aliphatic heterocycles. The molecule has 0 saturated heterocycles. The van der Waals surface area contributed by atoms with Crippen molar-refractivity contribution in [1.29, 1.82) is 0 Å². The molecule has 3 aromatic rings. The summed E-state index contributed by atoms with van der Waals surface area (Å²) < 4.78 is 32.2. The average Bonchev–Trinajstić information content (AvgIpc) is 3.21. The molecule has 3 rings (SSSR count). The van der Waals surface area contributed by atoms with Gasteiger partial charge in [-0.2, -0.15) is 4.72 Å². The van der Waals surface area contributed by atoms with Gasteiger partial charge in [0.15, 0.2) is 10.9 Å². The Balaban J connectivity index is 1.71. The van der Waals surface area contributed by atoms with Gasteiger partial charge in [-0.1, -0.05) is 35.0 Å². The van der Waals surface area contributed by atoms with E-state index in [0.717, 1.165) is 5.56 Å². The minimum atomic E-state index is -3.96. The number of nitrogens with zero attached hydrogens (tertiary/aromatic N) is 2. The summed E-state index contributed by atoms with van der Waals surface area (Å²) in [7, 11) is -3.96. The van der Waals surface area contributed by atoms with Crippen molar-refractivity contribution >= 4 is 44.0 Å². The minimum Gasteiger partial charge on any atom is -0.360 e. The highest BCUT2D eigenvalue weighted by molar-refractivity contribution is 7.89. The molecule has 0 bridgehead atoms. The minimum absolute atomic E-state index is 0.0672. The molecule has 11 heteroatoms. The summed E-state index contributed by atoms with van der Waals surface area (Å²) in [6, 6.07) is 6.19. The second kappa shape index (κ2) is 8.00. The first-order chi connectivity index (χ1) is 13.2. The molecule has 0 saturated carbocycles. The molecule has 8 nitrogen and oxygen atoms in total. The highest BCUT2D eigenvalue weighted by Gasteiger charge is 2.28. The Labute approximate surface area is 171 Å². The van der Waals surface area contributed by atoms with Crippen LogP contribution >= 0.6 is 22.9 Å². The Morgan fingerprint density at radius 3 is 2.64 bits per heavy atom. The summed E-state index contributed by atoms with van der Waals surface area (Å²) in [6.45, 7) is 4.44. The molecular weight excluding hydrogens is 424 g/mol. The first-order valence-corrected chi connectivity index (χ1v) is 10.9. The second-order valence-corrected chi connectivity index (χ2v) is 8.92. The largest absolute Gasteiger partial charge is 0.360 e. The fourth-order valence-corrected chi connectivity index (χ4v) is 5.02.